The molecule has 1 heterocycles. The van der Waals surface area contributed by atoms with E-state index in [1.54, 1.807) is 0 Å². The van der Waals surface area contributed by atoms with Crippen molar-refractivity contribution in [1.29, 1.82) is 0 Å². The van der Waals surface area contributed by atoms with E-state index in [9.17, 15) is 0 Å². The Labute approximate surface area is 98.7 Å². The van der Waals surface area contributed by atoms with Gasteiger partial charge in [0.1, 0.15) is 0 Å². The Hall–Kier alpha value is -0.860. The third-order valence-corrected chi connectivity index (χ3v) is 3.32. The van der Waals surface area contributed by atoms with Gasteiger partial charge in [0, 0.05) is 12.6 Å². The summed E-state index contributed by atoms with van der Waals surface area (Å²) in [5, 5.41) is 3.61. The molecular formula is C14H22N2. The molecule has 1 aliphatic heterocycles. The van der Waals surface area contributed by atoms with Gasteiger partial charge in [-0.2, -0.15) is 0 Å². The van der Waals surface area contributed by atoms with Gasteiger partial charge in [-0.25, -0.2) is 0 Å². The topological polar surface area (TPSA) is 15.3 Å². The van der Waals surface area contributed by atoms with Gasteiger partial charge in [-0.15, -0.1) is 0 Å². The lowest BCUT2D eigenvalue weighted by atomic mass is 10.1. The van der Waals surface area contributed by atoms with Crippen molar-refractivity contribution in [2.24, 2.45) is 0 Å². The maximum Gasteiger partial charge on any atom is 0.0863 e. The van der Waals surface area contributed by atoms with Gasteiger partial charge in [-0.1, -0.05) is 29.8 Å². The van der Waals surface area contributed by atoms with Crippen LogP contribution in [0.2, 0.25) is 0 Å². The Kier molecular flexibility index (Phi) is 3.62. The van der Waals surface area contributed by atoms with Crippen LogP contribution in [0, 0.1) is 6.92 Å². The highest BCUT2D eigenvalue weighted by Crippen LogP contribution is 2.23. The summed E-state index contributed by atoms with van der Waals surface area (Å²) < 4.78 is 0. The fourth-order valence-electron chi connectivity index (χ4n) is 2.36. The fraction of sp³-hybridized carbons (Fsp3) is 0.571. The predicted octanol–water partition coefficient (Wildman–Crippen LogP) is 2.70. The zero-order valence-electron chi connectivity index (χ0n) is 10.5. The molecule has 0 radical (unpaired) electrons. The molecule has 2 nitrogen and oxygen atoms in total. The SMILES string of the molecule is Cc1ccc(C2NCCCN2C(C)C)cc1. The van der Waals surface area contributed by atoms with Gasteiger partial charge in [-0.05, 0) is 39.3 Å². The number of hydrogen-bond acceptors (Lipinski definition) is 2. The Morgan fingerprint density at radius 2 is 1.94 bits per heavy atom. The Morgan fingerprint density at radius 3 is 2.56 bits per heavy atom. The third-order valence-electron chi connectivity index (χ3n) is 3.32. The number of rotatable bonds is 2. The second kappa shape index (κ2) is 4.98. The molecule has 1 unspecified atom stereocenters. The second-order valence-electron chi connectivity index (χ2n) is 4.95. The van der Waals surface area contributed by atoms with Gasteiger partial charge in [0.25, 0.3) is 0 Å². The fourth-order valence-corrected chi connectivity index (χ4v) is 2.36. The summed E-state index contributed by atoms with van der Waals surface area (Å²) in [5.41, 5.74) is 2.72. The molecular weight excluding hydrogens is 196 g/mol. The molecule has 0 amide bonds. The van der Waals surface area contributed by atoms with Gasteiger partial charge in [0.15, 0.2) is 0 Å². The Bertz CT molecular complexity index is 329. The minimum Gasteiger partial charge on any atom is -0.298 e. The molecule has 0 aliphatic carbocycles. The van der Waals surface area contributed by atoms with Crippen molar-refractivity contribution in [3.05, 3.63) is 35.4 Å². The van der Waals surface area contributed by atoms with E-state index in [1.807, 2.05) is 0 Å². The van der Waals surface area contributed by atoms with Crippen molar-refractivity contribution in [1.82, 2.24) is 10.2 Å². The minimum absolute atomic E-state index is 0.398. The van der Waals surface area contributed by atoms with E-state index in [-0.39, 0.29) is 0 Å². The first-order chi connectivity index (χ1) is 7.68. The zero-order chi connectivity index (χ0) is 11.5. The van der Waals surface area contributed by atoms with Gasteiger partial charge < -0.3 is 0 Å². The van der Waals surface area contributed by atoms with Crippen LogP contribution in [0.15, 0.2) is 24.3 Å². The summed E-state index contributed by atoms with van der Waals surface area (Å²) in [5.74, 6) is 0. The molecule has 1 aromatic carbocycles. The lowest BCUT2D eigenvalue weighted by molar-refractivity contribution is 0.0963. The van der Waals surface area contributed by atoms with Crippen molar-refractivity contribution in [2.75, 3.05) is 13.1 Å². The van der Waals surface area contributed by atoms with Crippen LogP contribution in [-0.4, -0.2) is 24.0 Å². The van der Waals surface area contributed by atoms with Crippen molar-refractivity contribution < 1.29 is 0 Å². The Balaban J connectivity index is 2.19. The van der Waals surface area contributed by atoms with E-state index >= 15 is 0 Å². The standard InChI is InChI=1S/C14H22N2/c1-11(2)16-10-4-9-15-14(16)13-7-5-12(3)6-8-13/h5-8,11,14-15H,4,9-10H2,1-3H3. The third kappa shape index (κ3) is 2.45. The van der Waals surface area contributed by atoms with Gasteiger partial charge in [0.05, 0.1) is 6.17 Å². The van der Waals surface area contributed by atoms with Crippen molar-refractivity contribution in [3.63, 3.8) is 0 Å². The van der Waals surface area contributed by atoms with Crippen molar-refractivity contribution in [3.8, 4) is 0 Å². The van der Waals surface area contributed by atoms with Crippen LogP contribution in [0.4, 0.5) is 0 Å². The number of nitrogens with zero attached hydrogens (tertiary/aromatic N) is 1. The molecule has 1 N–H and O–H groups in total. The second-order valence-corrected chi connectivity index (χ2v) is 4.95. The maximum atomic E-state index is 3.61. The summed E-state index contributed by atoms with van der Waals surface area (Å²) in [7, 11) is 0. The van der Waals surface area contributed by atoms with Crippen LogP contribution in [-0.2, 0) is 0 Å². The molecule has 1 fully saturated rings. The molecule has 1 aromatic rings. The van der Waals surface area contributed by atoms with E-state index in [1.165, 1.54) is 24.1 Å². The number of nitrogens with one attached hydrogen (secondary N) is 1. The lowest BCUT2D eigenvalue weighted by Crippen LogP contribution is -2.47. The van der Waals surface area contributed by atoms with Crippen LogP contribution in [0.3, 0.4) is 0 Å². The highest BCUT2D eigenvalue weighted by molar-refractivity contribution is 5.24. The monoisotopic (exact) mass is 218 g/mol. The van der Waals surface area contributed by atoms with Crippen molar-refractivity contribution in [2.45, 2.75) is 39.4 Å². The number of aryl methyl sites for hydroxylation is 1. The quantitative estimate of drug-likeness (QED) is 0.821. The van der Waals surface area contributed by atoms with E-state index < -0.39 is 0 Å². The summed E-state index contributed by atoms with van der Waals surface area (Å²) in [6, 6.07) is 9.48. The minimum atomic E-state index is 0.398. The summed E-state index contributed by atoms with van der Waals surface area (Å²) in [6.07, 6.45) is 1.65. The Morgan fingerprint density at radius 1 is 1.25 bits per heavy atom. The predicted molar refractivity (Wildman–Crippen MR) is 68.4 cm³/mol. The molecule has 0 spiro atoms. The average Bonchev–Trinajstić information content (AvgIpc) is 2.30. The molecule has 1 atom stereocenters. The van der Waals surface area contributed by atoms with Gasteiger partial charge in [0.2, 0.25) is 0 Å². The maximum absolute atomic E-state index is 3.61. The van der Waals surface area contributed by atoms with E-state index in [2.05, 4.69) is 55.3 Å². The van der Waals surface area contributed by atoms with Gasteiger partial charge in [-0.3, -0.25) is 10.2 Å². The highest BCUT2D eigenvalue weighted by Gasteiger charge is 2.24. The summed E-state index contributed by atoms with van der Waals surface area (Å²) in [4.78, 5) is 2.54. The largest absolute Gasteiger partial charge is 0.298 e. The first-order valence-electron chi connectivity index (χ1n) is 6.24. The zero-order valence-corrected chi connectivity index (χ0v) is 10.5. The van der Waals surface area contributed by atoms with E-state index in [0.717, 1.165) is 6.54 Å². The van der Waals surface area contributed by atoms with Crippen LogP contribution < -0.4 is 5.32 Å². The molecule has 0 aromatic heterocycles. The van der Waals surface area contributed by atoms with Crippen LogP contribution in [0.5, 0.6) is 0 Å². The first kappa shape index (κ1) is 11.6. The van der Waals surface area contributed by atoms with E-state index in [4.69, 9.17) is 0 Å². The summed E-state index contributed by atoms with van der Waals surface area (Å²) in [6.45, 7) is 9.01. The van der Waals surface area contributed by atoms with Crippen LogP contribution in [0.25, 0.3) is 0 Å². The number of hydrogen-bond donors (Lipinski definition) is 1. The summed E-state index contributed by atoms with van der Waals surface area (Å²) >= 11 is 0. The molecule has 0 saturated carbocycles. The molecule has 16 heavy (non-hydrogen) atoms. The van der Waals surface area contributed by atoms with Crippen LogP contribution in [0.1, 0.15) is 37.6 Å². The van der Waals surface area contributed by atoms with Crippen LogP contribution >= 0.6 is 0 Å². The molecule has 88 valence electrons. The molecule has 1 aliphatic rings. The normalized spacial score (nSPS) is 22.6. The molecule has 2 rings (SSSR count). The smallest absolute Gasteiger partial charge is 0.0863 e. The number of benzene rings is 1. The van der Waals surface area contributed by atoms with Crippen molar-refractivity contribution >= 4 is 0 Å². The molecule has 0 bridgehead atoms. The van der Waals surface area contributed by atoms with E-state index in [0.29, 0.717) is 12.2 Å². The van der Waals surface area contributed by atoms with Gasteiger partial charge >= 0.3 is 0 Å². The molecule has 1 saturated heterocycles. The average molecular weight is 218 g/mol. The lowest BCUT2D eigenvalue weighted by Gasteiger charge is -2.39. The first-order valence-corrected chi connectivity index (χ1v) is 6.24. The molecule has 2 heteroatoms. The highest BCUT2D eigenvalue weighted by atomic mass is 15.3.